The molecule has 0 aromatic rings. The standard InChI is InChI=1S/C7H12O6S/c1-3-5-7(9)13-14(10,11)12-6(8)4-2/h3-5H2,1-2H3. The van der Waals surface area contributed by atoms with Crippen LogP contribution >= 0.6 is 0 Å². The summed E-state index contributed by atoms with van der Waals surface area (Å²) in [4.78, 5) is 21.3. The summed E-state index contributed by atoms with van der Waals surface area (Å²) in [6.07, 6.45) is 0.309. The van der Waals surface area contributed by atoms with Crippen LogP contribution in [0.2, 0.25) is 0 Å². The first-order valence-corrected chi connectivity index (χ1v) is 5.44. The highest BCUT2D eigenvalue weighted by Crippen LogP contribution is 2.02. The maximum absolute atomic E-state index is 10.8. The highest BCUT2D eigenvalue weighted by Gasteiger charge is 2.21. The van der Waals surface area contributed by atoms with Crippen LogP contribution in [0.1, 0.15) is 33.1 Å². The zero-order chi connectivity index (χ0) is 11.2. The van der Waals surface area contributed by atoms with Crippen molar-refractivity contribution in [1.82, 2.24) is 0 Å². The molecule has 0 aromatic heterocycles. The first-order chi connectivity index (χ1) is 6.41. The fourth-order valence-corrected chi connectivity index (χ4v) is 1.24. The number of rotatable bonds is 5. The molecule has 0 amide bonds. The third kappa shape index (κ3) is 5.52. The van der Waals surface area contributed by atoms with Crippen LogP contribution < -0.4 is 0 Å². The third-order valence-corrected chi connectivity index (χ3v) is 1.91. The maximum atomic E-state index is 10.8. The molecule has 0 rings (SSSR count). The van der Waals surface area contributed by atoms with Crippen molar-refractivity contribution in [3.8, 4) is 0 Å². The van der Waals surface area contributed by atoms with E-state index in [1.807, 2.05) is 0 Å². The molecular weight excluding hydrogens is 212 g/mol. The van der Waals surface area contributed by atoms with Gasteiger partial charge in [-0.2, -0.15) is 0 Å². The summed E-state index contributed by atoms with van der Waals surface area (Å²) in [6.45, 7) is 3.11. The van der Waals surface area contributed by atoms with Crippen molar-refractivity contribution in [1.29, 1.82) is 0 Å². The molecule has 0 aliphatic heterocycles. The Morgan fingerprint density at radius 2 is 1.57 bits per heavy atom. The van der Waals surface area contributed by atoms with Crippen LogP contribution in [0.25, 0.3) is 0 Å². The van der Waals surface area contributed by atoms with Crippen molar-refractivity contribution in [3.63, 3.8) is 0 Å². The second-order valence-corrected chi connectivity index (χ2v) is 3.57. The highest BCUT2D eigenvalue weighted by molar-refractivity contribution is 7.82. The van der Waals surface area contributed by atoms with E-state index in [0.29, 0.717) is 6.42 Å². The number of hydrogen-bond donors (Lipinski definition) is 0. The Bertz CT molecular complexity index is 304. The Labute approximate surface area is 82.5 Å². The van der Waals surface area contributed by atoms with E-state index in [2.05, 4.69) is 8.37 Å². The van der Waals surface area contributed by atoms with Crippen molar-refractivity contribution < 1.29 is 26.4 Å². The molecule has 7 heteroatoms. The van der Waals surface area contributed by atoms with Crippen LogP contribution in [-0.4, -0.2) is 20.4 Å². The molecule has 0 aliphatic rings. The molecule has 0 aliphatic carbocycles. The lowest BCUT2D eigenvalue weighted by Crippen LogP contribution is -2.18. The van der Waals surface area contributed by atoms with Gasteiger partial charge in [-0.15, -0.1) is 8.42 Å². The molecule has 0 saturated carbocycles. The van der Waals surface area contributed by atoms with Crippen LogP contribution in [0.5, 0.6) is 0 Å². The van der Waals surface area contributed by atoms with E-state index in [4.69, 9.17) is 0 Å². The van der Waals surface area contributed by atoms with Crippen LogP contribution in [0, 0.1) is 0 Å². The van der Waals surface area contributed by atoms with Gasteiger partial charge in [0.05, 0.1) is 0 Å². The van der Waals surface area contributed by atoms with Gasteiger partial charge < -0.3 is 8.37 Å². The lowest BCUT2D eigenvalue weighted by molar-refractivity contribution is -0.137. The fourth-order valence-electron chi connectivity index (χ4n) is 0.549. The molecule has 6 nitrogen and oxygen atoms in total. The van der Waals surface area contributed by atoms with E-state index < -0.39 is 22.3 Å². The van der Waals surface area contributed by atoms with Gasteiger partial charge >= 0.3 is 22.3 Å². The minimum Gasteiger partial charge on any atom is -0.316 e. The van der Waals surface area contributed by atoms with Crippen molar-refractivity contribution in [3.05, 3.63) is 0 Å². The topological polar surface area (TPSA) is 86.7 Å². The van der Waals surface area contributed by atoms with Crippen molar-refractivity contribution in [2.24, 2.45) is 0 Å². The number of carbonyl (C=O) groups excluding carboxylic acids is 2. The summed E-state index contributed by atoms with van der Waals surface area (Å²) in [7, 11) is -4.51. The third-order valence-electron chi connectivity index (χ3n) is 1.13. The van der Waals surface area contributed by atoms with Crippen LogP contribution in [-0.2, 0) is 28.4 Å². The SMILES string of the molecule is CCCC(=O)OS(=O)(=O)OC(=O)CC. The van der Waals surface area contributed by atoms with Crippen molar-refractivity contribution >= 4 is 22.3 Å². The Kier molecular flexibility index (Phi) is 5.14. The summed E-state index contributed by atoms with van der Waals surface area (Å²) in [6, 6.07) is 0. The van der Waals surface area contributed by atoms with E-state index in [1.165, 1.54) is 6.92 Å². The first kappa shape index (κ1) is 12.9. The highest BCUT2D eigenvalue weighted by atomic mass is 32.3. The second-order valence-electron chi connectivity index (χ2n) is 2.42. The molecule has 82 valence electrons. The summed E-state index contributed by atoms with van der Waals surface area (Å²) in [5.41, 5.74) is 0. The van der Waals surface area contributed by atoms with Crippen molar-refractivity contribution in [2.75, 3.05) is 0 Å². The molecule has 0 heterocycles. The summed E-state index contributed by atoms with van der Waals surface area (Å²) < 4.78 is 29.4. The van der Waals surface area contributed by atoms with Crippen LogP contribution in [0.4, 0.5) is 0 Å². The summed E-state index contributed by atoms with van der Waals surface area (Å²) in [5, 5.41) is 0. The lowest BCUT2D eigenvalue weighted by atomic mass is 10.4. The van der Waals surface area contributed by atoms with Crippen molar-refractivity contribution in [2.45, 2.75) is 33.1 Å². The van der Waals surface area contributed by atoms with Crippen LogP contribution in [0.15, 0.2) is 0 Å². The normalized spacial score (nSPS) is 10.7. The van der Waals surface area contributed by atoms with E-state index in [0.717, 1.165) is 0 Å². The maximum Gasteiger partial charge on any atom is 0.506 e. The van der Waals surface area contributed by atoms with Gasteiger partial charge in [-0.3, -0.25) is 9.59 Å². The van der Waals surface area contributed by atoms with Gasteiger partial charge in [0.1, 0.15) is 0 Å². The molecular formula is C7H12O6S. The molecule has 0 spiro atoms. The van der Waals surface area contributed by atoms with E-state index in [1.54, 1.807) is 6.92 Å². The van der Waals surface area contributed by atoms with E-state index >= 15 is 0 Å². The van der Waals surface area contributed by atoms with Gasteiger partial charge in [-0.05, 0) is 6.42 Å². The minimum atomic E-state index is -4.51. The zero-order valence-corrected chi connectivity index (χ0v) is 8.80. The average molecular weight is 224 g/mol. The average Bonchev–Trinajstić information content (AvgIpc) is 2.02. The Balaban J connectivity index is 4.21. The Morgan fingerprint density at radius 1 is 1.07 bits per heavy atom. The molecule has 0 atom stereocenters. The van der Waals surface area contributed by atoms with Gasteiger partial charge in [0.25, 0.3) is 0 Å². The smallest absolute Gasteiger partial charge is 0.316 e. The van der Waals surface area contributed by atoms with Gasteiger partial charge in [0.2, 0.25) is 0 Å². The predicted octanol–water partition coefficient (Wildman–Crippen LogP) is 0.528. The fraction of sp³-hybridized carbons (Fsp3) is 0.714. The lowest BCUT2D eigenvalue weighted by Gasteiger charge is -2.03. The quantitative estimate of drug-likeness (QED) is 0.676. The van der Waals surface area contributed by atoms with Crippen LogP contribution in [0.3, 0.4) is 0 Å². The largest absolute Gasteiger partial charge is 0.506 e. The molecule has 0 bridgehead atoms. The molecule has 0 radical (unpaired) electrons. The zero-order valence-electron chi connectivity index (χ0n) is 7.98. The predicted molar refractivity (Wildman–Crippen MR) is 46.3 cm³/mol. The monoisotopic (exact) mass is 224 g/mol. The number of carbonyl (C=O) groups is 2. The van der Waals surface area contributed by atoms with Gasteiger partial charge in [0, 0.05) is 12.8 Å². The first-order valence-electron chi connectivity index (χ1n) is 4.10. The van der Waals surface area contributed by atoms with E-state index in [9.17, 15) is 18.0 Å². The molecule has 0 saturated heterocycles. The minimum absolute atomic E-state index is 0.0388. The molecule has 0 N–H and O–H groups in total. The molecule has 0 fully saturated rings. The number of hydrogen-bond acceptors (Lipinski definition) is 6. The summed E-state index contributed by atoms with van der Waals surface area (Å²) >= 11 is 0. The van der Waals surface area contributed by atoms with Gasteiger partial charge in [-0.1, -0.05) is 13.8 Å². The summed E-state index contributed by atoms with van der Waals surface area (Å²) in [5.74, 6) is -1.90. The molecule has 14 heavy (non-hydrogen) atoms. The van der Waals surface area contributed by atoms with Gasteiger partial charge in [0.15, 0.2) is 0 Å². The second kappa shape index (κ2) is 5.58. The molecule has 0 aromatic carbocycles. The van der Waals surface area contributed by atoms with Gasteiger partial charge in [-0.25, -0.2) is 0 Å². The Morgan fingerprint density at radius 3 is 2.00 bits per heavy atom. The Hall–Kier alpha value is -1.11. The van der Waals surface area contributed by atoms with E-state index in [-0.39, 0.29) is 12.8 Å². The molecule has 0 unspecified atom stereocenters.